The Morgan fingerprint density at radius 3 is 2.58 bits per heavy atom. The Bertz CT molecular complexity index is 800. The second-order valence-corrected chi connectivity index (χ2v) is 8.38. The highest BCUT2D eigenvalue weighted by molar-refractivity contribution is 7.88. The van der Waals surface area contributed by atoms with Crippen molar-refractivity contribution < 1.29 is 31.2 Å². The highest BCUT2D eigenvalue weighted by Gasteiger charge is 2.65. The van der Waals surface area contributed by atoms with E-state index < -0.39 is 27.9 Å². The Balaban J connectivity index is 1.70. The lowest BCUT2D eigenvalue weighted by molar-refractivity contribution is -0.203. The summed E-state index contributed by atoms with van der Waals surface area (Å²) in [6.45, 7) is 3.95. The van der Waals surface area contributed by atoms with Crippen LogP contribution >= 0.6 is 0 Å². The zero-order valence-corrected chi connectivity index (χ0v) is 14.8. The van der Waals surface area contributed by atoms with Crippen LogP contribution in [0.5, 0.6) is 0 Å². The molecule has 1 saturated carbocycles. The third-order valence-corrected chi connectivity index (χ3v) is 6.38. The van der Waals surface area contributed by atoms with Crippen LogP contribution in [0.15, 0.2) is 24.3 Å². The predicted molar refractivity (Wildman–Crippen MR) is 86.2 cm³/mol. The van der Waals surface area contributed by atoms with Crippen LogP contribution in [0.4, 0.5) is 13.2 Å². The number of hydrogen-bond acceptors (Lipinski definition) is 5. The fraction of sp³-hybridized carbons (Fsp3) is 0.562. The molecule has 0 spiro atoms. The van der Waals surface area contributed by atoms with Crippen LogP contribution in [-0.4, -0.2) is 33.7 Å². The molecule has 3 rings (SSSR count). The number of nitrogens with one attached hydrogen (secondary N) is 2. The summed E-state index contributed by atoms with van der Waals surface area (Å²) >= 11 is 0. The van der Waals surface area contributed by atoms with Crippen LogP contribution in [0.2, 0.25) is 0 Å². The van der Waals surface area contributed by atoms with Crippen molar-refractivity contribution >= 4 is 16.0 Å². The fourth-order valence-corrected chi connectivity index (χ4v) is 5.04. The summed E-state index contributed by atoms with van der Waals surface area (Å²) in [5.41, 5.74) is 1.49. The van der Waals surface area contributed by atoms with Crippen molar-refractivity contribution in [2.24, 2.45) is 11.8 Å². The summed E-state index contributed by atoms with van der Waals surface area (Å²) in [4.78, 5) is 15.5. The van der Waals surface area contributed by atoms with Gasteiger partial charge in [-0.15, -0.1) is 0 Å². The minimum absolute atomic E-state index is 0.0290. The van der Waals surface area contributed by atoms with Crippen molar-refractivity contribution in [2.75, 3.05) is 13.1 Å². The number of hydrogen-bond donors (Lipinski definition) is 2. The summed E-state index contributed by atoms with van der Waals surface area (Å²) in [6, 6.07) is 7.04. The van der Waals surface area contributed by atoms with Crippen LogP contribution in [0.1, 0.15) is 24.5 Å². The molecule has 1 aliphatic heterocycles. The van der Waals surface area contributed by atoms with Crippen molar-refractivity contribution in [3.8, 4) is 0 Å². The smallest absolute Gasteiger partial charge is 0.348 e. The molecule has 0 aromatic heterocycles. The van der Waals surface area contributed by atoms with Crippen LogP contribution < -0.4 is 10.2 Å². The van der Waals surface area contributed by atoms with E-state index >= 15 is 0 Å². The summed E-state index contributed by atoms with van der Waals surface area (Å²) < 4.78 is 60.1. The lowest BCUT2D eigenvalue weighted by atomic mass is 9.87. The molecular weight excluding hydrogens is 373 g/mol. The summed E-state index contributed by atoms with van der Waals surface area (Å²) in [7, 11) is -4.26. The Hall–Kier alpha value is -1.65. The molecule has 2 N–H and O–H groups in total. The second-order valence-electron chi connectivity index (χ2n) is 6.70. The van der Waals surface area contributed by atoms with E-state index in [2.05, 4.69) is 17.1 Å². The number of alkyl halides is 3. The van der Waals surface area contributed by atoms with Gasteiger partial charge in [0.25, 0.3) is 0 Å². The van der Waals surface area contributed by atoms with E-state index in [9.17, 15) is 26.4 Å². The maximum Gasteiger partial charge on any atom is 0.492 e. The van der Waals surface area contributed by atoms with Gasteiger partial charge in [-0.25, -0.2) is 13.2 Å². The monoisotopic (exact) mass is 392 g/mol. The maximum absolute atomic E-state index is 12.1. The lowest BCUT2D eigenvalue weighted by Gasteiger charge is -2.21. The lowest BCUT2D eigenvalue weighted by Crippen LogP contribution is -2.35. The molecule has 0 bridgehead atoms. The van der Waals surface area contributed by atoms with Crippen molar-refractivity contribution in [3.05, 3.63) is 35.4 Å². The third kappa shape index (κ3) is 3.45. The number of rotatable bonds is 6. The summed E-state index contributed by atoms with van der Waals surface area (Å²) in [5.74, 6) is -2.16. The molecule has 0 radical (unpaired) electrons. The van der Waals surface area contributed by atoms with E-state index in [0.29, 0.717) is 17.4 Å². The number of sulfonamides is 1. The summed E-state index contributed by atoms with van der Waals surface area (Å²) in [6.07, 6.45) is -4.34. The van der Waals surface area contributed by atoms with E-state index in [1.54, 1.807) is 18.2 Å². The molecule has 2 atom stereocenters. The fourth-order valence-electron chi connectivity index (χ4n) is 4.16. The quantitative estimate of drug-likeness (QED) is 0.719. The van der Waals surface area contributed by atoms with Gasteiger partial charge in [0, 0.05) is 5.41 Å². The molecular formula is C16H19F3N2O4S. The van der Waals surface area contributed by atoms with Gasteiger partial charge in [-0.05, 0) is 47.4 Å². The minimum Gasteiger partial charge on any atom is -0.348 e. The van der Waals surface area contributed by atoms with E-state index in [0.717, 1.165) is 25.1 Å². The number of fused-ring (bicyclic) bond motifs is 1. The van der Waals surface area contributed by atoms with Crippen LogP contribution in [0.25, 0.3) is 0 Å². The molecule has 10 heteroatoms. The number of piperidine rings is 1. The molecule has 0 amide bonds. The van der Waals surface area contributed by atoms with Gasteiger partial charge in [0.1, 0.15) is 0 Å². The van der Waals surface area contributed by atoms with Gasteiger partial charge in [0.05, 0.1) is 5.75 Å². The van der Waals surface area contributed by atoms with Crippen molar-refractivity contribution in [3.63, 3.8) is 0 Å². The van der Waals surface area contributed by atoms with Crippen LogP contribution in [-0.2, 0) is 30.8 Å². The molecule has 2 fully saturated rings. The van der Waals surface area contributed by atoms with Crippen molar-refractivity contribution in [1.82, 2.24) is 10.2 Å². The highest BCUT2D eigenvalue weighted by atomic mass is 32.2. The van der Waals surface area contributed by atoms with Gasteiger partial charge in [0.15, 0.2) is 0 Å². The Kier molecular flexibility index (Phi) is 4.78. The molecule has 6 nitrogen and oxygen atoms in total. The zero-order chi connectivity index (χ0) is 19.2. The maximum atomic E-state index is 12.1. The number of carbonyl (C=O) groups excluding carboxylic acids is 1. The van der Waals surface area contributed by atoms with E-state index in [1.165, 1.54) is 4.89 Å². The molecule has 1 aliphatic carbocycles. The van der Waals surface area contributed by atoms with E-state index in [4.69, 9.17) is 0 Å². The van der Waals surface area contributed by atoms with Gasteiger partial charge in [0.2, 0.25) is 10.0 Å². The SMILES string of the molecule is CCC1(c2cccc(CS(=O)(=O)NOC(=O)C(F)(F)F)c2)C2CNCC21. The average Bonchev–Trinajstić information content (AvgIpc) is 2.91. The first kappa shape index (κ1) is 19.1. The first-order valence-corrected chi connectivity index (χ1v) is 9.83. The largest absolute Gasteiger partial charge is 0.492 e. The van der Waals surface area contributed by atoms with Gasteiger partial charge in [-0.3, -0.25) is 0 Å². The summed E-state index contributed by atoms with van der Waals surface area (Å²) in [5, 5.41) is 3.33. The molecule has 2 unspecified atom stereocenters. The highest BCUT2D eigenvalue weighted by Crippen LogP contribution is 2.63. The first-order valence-electron chi connectivity index (χ1n) is 8.18. The Labute approximate surface area is 149 Å². The standard InChI is InChI=1S/C16H19F3N2O4S/c1-2-15(12-7-20-8-13(12)15)11-5-3-4-10(6-11)9-26(23,24)21-25-14(22)16(17,18)19/h3-6,12-13,20-21H,2,7-9H2,1H3. The number of halogens is 3. The number of benzene rings is 1. The first-order chi connectivity index (χ1) is 12.1. The van der Waals surface area contributed by atoms with Gasteiger partial charge in [-0.2, -0.15) is 13.2 Å². The Morgan fingerprint density at radius 2 is 2.00 bits per heavy atom. The molecule has 144 valence electrons. The van der Waals surface area contributed by atoms with Crippen LogP contribution in [0.3, 0.4) is 0 Å². The molecule has 2 aliphatic rings. The molecule has 1 aromatic carbocycles. The molecule has 26 heavy (non-hydrogen) atoms. The van der Waals surface area contributed by atoms with Crippen molar-refractivity contribution in [2.45, 2.75) is 30.7 Å². The van der Waals surface area contributed by atoms with E-state index in [-0.39, 0.29) is 5.41 Å². The molecule has 1 heterocycles. The van der Waals surface area contributed by atoms with E-state index in [1.807, 2.05) is 6.07 Å². The minimum atomic E-state index is -5.27. The third-order valence-electron chi connectivity index (χ3n) is 5.33. The molecule has 1 saturated heterocycles. The topological polar surface area (TPSA) is 84.5 Å². The second kappa shape index (κ2) is 6.50. The molecule has 1 aromatic rings. The van der Waals surface area contributed by atoms with Gasteiger partial charge >= 0.3 is 12.1 Å². The number of carbonyl (C=O) groups is 1. The van der Waals surface area contributed by atoms with Gasteiger partial charge in [-0.1, -0.05) is 31.2 Å². The van der Waals surface area contributed by atoms with Crippen molar-refractivity contribution in [1.29, 1.82) is 0 Å². The Morgan fingerprint density at radius 1 is 1.35 bits per heavy atom. The predicted octanol–water partition coefficient (Wildman–Crippen LogP) is 1.62. The van der Waals surface area contributed by atoms with Crippen LogP contribution in [0, 0.1) is 11.8 Å². The normalized spacial score (nSPS) is 27.8. The average molecular weight is 392 g/mol. The zero-order valence-electron chi connectivity index (χ0n) is 14.0. The van der Waals surface area contributed by atoms with Gasteiger partial charge < -0.3 is 10.2 Å².